The van der Waals surface area contributed by atoms with Crippen LogP contribution in [0.25, 0.3) is 5.65 Å². The zero-order chi connectivity index (χ0) is 15.3. The molecule has 0 bridgehead atoms. The molecule has 1 aliphatic rings. The molecule has 2 atom stereocenters. The van der Waals surface area contributed by atoms with Gasteiger partial charge in [0.05, 0.1) is 16.8 Å². The lowest BCUT2D eigenvalue weighted by atomic mass is 10.1. The molecule has 0 radical (unpaired) electrons. The molecule has 0 saturated heterocycles. The fourth-order valence-electron chi connectivity index (χ4n) is 3.06. The number of nitrogens with zero attached hydrogens (tertiary/aromatic N) is 2. The molecule has 0 aliphatic heterocycles. The zero-order valence-electron chi connectivity index (χ0n) is 12.0. The summed E-state index contributed by atoms with van der Waals surface area (Å²) in [7, 11) is 0. The van der Waals surface area contributed by atoms with E-state index in [1.54, 1.807) is 12.3 Å². The number of ether oxygens (including phenoxy) is 1. The summed E-state index contributed by atoms with van der Waals surface area (Å²) in [6, 6.07) is 9.70. The largest absolute Gasteiger partial charge is 0.479 e. The van der Waals surface area contributed by atoms with Gasteiger partial charge in [-0.25, -0.2) is 4.98 Å². The van der Waals surface area contributed by atoms with E-state index in [0.717, 1.165) is 16.8 Å². The Morgan fingerprint density at radius 1 is 1.32 bits per heavy atom. The molecule has 2 unspecified atom stereocenters. The molecule has 4 rings (SSSR count). The van der Waals surface area contributed by atoms with E-state index in [-0.39, 0.29) is 0 Å². The van der Waals surface area contributed by atoms with Gasteiger partial charge in [0.2, 0.25) is 0 Å². The number of benzene rings is 1. The summed E-state index contributed by atoms with van der Waals surface area (Å²) in [6.45, 7) is 1.92. The molecule has 3 aromatic rings. The predicted molar refractivity (Wildman–Crippen MR) is 84.5 cm³/mol. The van der Waals surface area contributed by atoms with Gasteiger partial charge in [-0.3, -0.25) is 0 Å². The monoisotopic (exact) mass is 314 g/mol. The maximum atomic E-state index is 10.3. The van der Waals surface area contributed by atoms with Gasteiger partial charge in [0.1, 0.15) is 0 Å². The molecular formula is C17H15ClN2O2. The summed E-state index contributed by atoms with van der Waals surface area (Å²) in [6.07, 6.45) is 3.34. The standard InChI is InChI=1S/C17H15ClN2O2/c1-10-8-20-9-12(18)7-15(17(20)19-10)22-16-13-5-3-2-4-11(13)6-14(16)21/h2-5,7-9,14,16,21H,6H2,1H3. The molecule has 2 aromatic heterocycles. The van der Waals surface area contributed by atoms with Crippen molar-refractivity contribution >= 4 is 17.2 Å². The number of aliphatic hydroxyl groups is 1. The second-order valence-corrected chi connectivity index (χ2v) is 6.08. The average molecular weight is 315 g/mol. The summed E-state index contributed by atoms with van der Waals surface area (Å²) < 4.78 is 7.95. The zero-order valence-corrected chi connectivity index (χ0v) is 12.8. The highest BCUT2D eigenvalue weighted by atomic mass is 35.5. The highest BCUT2D eigenvalue weighted by Gasteiger charge is 2.33. The van der Waals surface area contributed by atoms with Crippen molar-refractivity contribution in [2.75, 3.05) is 0 Å². The molecular weight excluding hydrogens is 300 g/mol. The lowest BCUT2D eigenvalue weighted by Crippen LogP contribution is -2.19. The Morgan fingerprint density at radius 3 is 3.00 bits per heavy atom. The van der Waals surface area contributed by atoms with E-state index in [9.17, 15) is 5.11 Å². The van der Waals surface area contributed by atoms with E-state index in [0.29, 0.717) is 22.8 Å². The van der Waals surface area contributed by atoms with Crippen LogP contribution < -0.4 is 4.74 Å². The summed E-state index contributed by atoms with van der Waals surface area (Å²) in [5.41, 5.74) is 3.74. The van der Waals surface area contributed by atoms with E-state index in [1.165, 1.54) is 0 Å². The highest BCUT2D eigenvalue weighted by Crippen LogP contribution is 2.37. The van der Waals surface area contributed by atoms with E-state index in [2.05, 4.69) is 4.98 Å². The normalized spacial score (nSPS) is 20.3. The first-order chi connectivity index (χ1) is 10.6. The fourth-order valence-corrected chi connectivity index (χ4v) is 3.26. The third-order valence-corrected chi connectivity index (χ3v) is 4.21. The number of fused-ring (bicyclic) bond motifs is 2. The van der Waals surface area contributed by atoms with Gasteiger partial charge in [0.15, 0.2) is 17.5 Å². The van der Waals surface area contributed by atoms with Crippen molar-refractivity contribution in [2.45, 2.75) is 25.6 Å². The molecule has 0 amide bonds. The summed E-state index contributed by atoms with van der Waals surface area (Å²) in [5, 5.41) is 10.9. The molecule has 1 aromatic carbocycles. The van der Waals surface area contributed by atoms with Crippen molar-refractivity contribution < 1.29 is 9.84 Å². The minimum absolute atomic E-state index is 0.393. The van der Waals surface area contributed by atoms with Gasteiger partial charge < -0.3 is 14.2 Å². The van der Waals surface area contributed by atoms with E-state index in [4.69, 9.17) is 16.3 Å². The topological polar surface area (TPSA) is 46.8 Å². The molecule has 0 saturated carbocycles. The molecule has 22 heavy (non-hydrogen) atoms. The number of aliphatic hydroxyl groups excluding tert-OH is 1. The van der Waals surface area contributed by atoms with Crippen molar-refractivity contribution in [3.63, 3.8) is 0 Å². The van der Waals surface area contributed by atoms with Crippen LogP contribution in [0.5, 0.6) is 5.75 Å². The van der Waals surface area contributed by atoms with Crippen molar-refractivity contribution in [1.82, 2.24) is 9.38 Å². The van der Waals surface area contributed by atoms with Crippen LogP contribution in [0.15, 0.2) is 42.7 Å². The Balaban J connectivity index is 1.78. The summed E-state index contributed by atoms with van der Waals surface area (Å²) in [4.78, 5) is 4.47. The third kappa shape index (κ3) is 2.16. The van der Waals surface area contributed by atoms with E-state index in [1.807, 2.05) is 41.8 Å². The van der Waals surface area contributed by atoms with Crippen LogP contribution in [0.2, 0.25) is 5.02 Å². The molecule has 1 N–H and O–H groups in total. The van der Waals surface area contributed by atoms with Gasteiger partial charge in [0, 0.05) is 24.9 Å². The average Bonchev–Trinajstić information content (AvgIpc) is 2.99. The molecule has 2 heterocycles. The number of imidazole rings is 1. The second-order valence-electron chi connectivity index (χ2n) is 5.64. The number of pyridine rings is 1. The fraction of sp³-hybridized carbons (Fsp3) is 0.235. The Morgan fingerprint density at radius 2 is 2.14 bits per heavy atom. The minimum Gasteiger partial charge on any atom is -0.479 e. The van der Waals surface area contributed by atoms with Crippen LogP contribution in [0.3, 0.4) is 0 Å². The lowest BCUT2D eigenvalue weighted by Gasteiger charge is -2.19. The van der Waals surface area contributed by atoms with Gasteiger partial charge in [-0.2, -0.15) is 0 Å². The van der Waals surface area contributed by atoms with Crippen LogP contribution in [0.1, 0.15) is 22.9 Å². The predicted octanol–water partition coefficient (Wildman–Crippen LogP) is 3.33. The second kappa shape index (κ2) is 5.00. The number of aromatic nitrogens is 2. The van der Waals surface area contributed by atoms with Crippen LogP contribution in [-0.2, 0) is 6.42 Å². The Labute approximate surface area is 132 Å². The van der Waals surface area contributed by atoms with E-state index >= 15 is 0 Å². The van der Waals surface area contributed by atoms with Crippen LogP contribution in [-0.4, -0.2) is 20.6 Å². The first-order valence-corrected chi connectivity index (χ1v) is 7.57. The van der Waals surface area contributed by atoms with Crippen molar-refractivity contribution in [3.05, 3.63) is 64.6 Å². The maximum absolute atomic E-state index is 10.3. The maximum Gasteiger partial charge on any atom is 0.180 e. The number of aryl methyl sites for hydroxylation is 1. The molecule has 0 spiro atoms. The number of hydrogen-bond acceptors (Lipinski definition) is 3. The molecule has 5 heteroatoms. The van der Waals surface area contributed by atoms with Crippen molar-refractivity contribution in [1.29, 1.82) is 0 Å². The van der Waals surface area contributed by atoms with Gasteiger partial charge in [0.25, 0.3) is 0 Å². The Bertz CT molecular complexity index is 859. The first-order valence-electron chi connectivity index (χ1n) is 7.19. The van der Waals surface area contributed by atoms with Gasteiger partial charge in [-0.1, -0.05) is 35.9 Å². The molecule has 4 nitrogen and oxygen atoms in total. The Hall–Kier alpha value is -2.04. The Kier molecular flexibility index (Phi) is 3.10. The molecule has 112 valence electrons. The number of hydrogen-bond donors (Lipinski definition) is 1. The van der Waals surface area contributed by atoms with Crippen LogP contribution >= 0.6 is 11.6 Å². The molecule has 1 aliphatic carbocycles. The van der Waals surface area contributed by atoms with Crippen LogP contribution in [0, 0.1) is 6.92 Å². The first kappa shape index (κ1) is 13.6. The van der Waals surface area contributed by atoms with Gasteiger partial charge >= 0.3 is 0 Å². The quantitative estimate of drug-likeness (QED) is 0.789. The van der Waals surface area contributed by atoms with Crippen molar-refractivity contribution in [2.24, 2.45) is 0 Å². The third-order valence-electron chi connectivity index (χ3n) is 4.00. The summed E-state index contributed by atoms with van der Waals surface area (Å²) >= 11 is 6.16. The lowest BCUT2D eigenvalue weighted by molar-refractivity contribution is 0.0502. The highest BCUT2D eigenvalue weighted by molar-refractivity contribution is 6.30. The molecule has 0 fully saturated rings. The summed E-state index contributed by atoms with van der Waals surface area (Å²) in [5.74, 6) is 0.585. The van der Waals surface area contributed by atoms with E-state index < -0.39 is 12.2 Å². The van der Waals surface area contributed by atoms with Crippen LogP contribution in [0.4, 0.5) is 0 Å². The smallest absolute Gasteiger partial charge is 0.180 e. The number of halogens is 1. The van der Waals surface area contributed by atoms with Gasteiger partial charge in [-0.05, 0) is 18.1 Å². The number of rotatable bonds is 2. The minimum atomic E-state index is -0.563. The van der Waals surface area contributed by atoms with Crippen molar-refractivity contribution in [3.8, 4) is 5.75 Å². The SMILES string of the molecule is Cc1cn2cc(Cl)cc(OC3c4ccccc4CC3O)c2n1. The van der Waals surface area contributed by atoms with Gasteiger partial charge in [-0.15, -0.1) is 0 Å².